The lowest BCUT2D eigenvalue weighted by Gasteiger charge is -2.14. The van der Waals surface area contributed by atoms with Gasteiger partial charge < -0.3 is 14.6 Å². The lowest BCUT2D eigenvalue weighted by molar-refractivity contribution is -0.384. The van der Waals surface area contributed by atoms with E-state index in [0.717, 1.165) is 5.56 Å². The number of rotatable bonds is 9. The van der Waals surface area contributed by atoms with Crippen LogP contribution in [0.1, 0.15) is 12.5 Å². The van der Waals surface area contributed by atoms with Crippen LogP contribution in [0.4, 0.5) is 5.69 Å². The Kier molecular flexibility index (Phi) is 7.28. The highest BCUT2D eigenvalue weighted by Gasteiger charge is 2.16. The maximum absolute atomic E-state index is 11.9. The van der Waals surface area contributed by atoms with E-state index >= 15 is 0 Å². The third-order valence-electron chi connectivity index (χ3n) is 3.34. The SMILES string of the molecule is CC(Oc1ccc(O)cc1)C(=O)OCCSCc1cccc([N+](=O)[O-])c1. The number of hydrogen-bond acceptors (Lipinski definition) is 7. The molecule has 8 heteroatoms. The Labute approximate surface area is 155 Å². The van der Waals surface area contributed by atoms with Gasteiger partial charge >= 0.3 is 5.97 Å². The van der Waals surface area contributed by atoms with E-state index in [4.69, 9.17) is 9.47 Å². The van der Waals surface area contributed by atoms with Crippen LogP contribution in [0.5, 0.6) is 11.5 Å². The van der Waals surface area contributed by atoms with Crippen LogP contribution in [-0.2, 0) is 15.3 Å². The number of aromatic hydroxyl groups is 1. The largest absolute Gasteiger partial charge is 0.508 e. The summed E-state index contributed by atoms with van der Waals surface area (Å²) >= 11 is 1.52. The average molecular weight is 377 g/mol. The van der Waals surface area contributed by atoms with Crippen molar-refractivity contribution in [1.82, 2.24) is 0 Å². The van der Waals surface area contributed by atoms with Gasteiger partial charge in [-0.2, -0.15) is 11.8 Å². The molecule has 7 nitrogen and oxygen atoms in total. The Balaban J connectivity index is 1.67. The second kappa shape index (κ2) is 9.67. The summed E-state index contributed by atoms with van der Waals surface area (Å²) in [5, 5.41) is 19.9. The molecule has 0 spiro atoms. The summed E-state index contributed by atoms with van der Waals surface area (Å²) < 4.78 is 10.6. The molecule has 0 saturated carbocycles. The molecule has 1 atom stereocenters. The topological polar surface area (TPSA) is 98.9 Å². The predicted molar refractivity (Wildman–Crippen MR) is 98.4 cm³/mol. The van der Waals surface area contributed by atoms with Crippen LogP contribution in [0.3, 0.4) is 0 Å². The van der Waals surface area contributed by atoms with Gasteiger partial charge in [0.25, 0.3) is 5.69 Å². The molecular weight excluding hydrogens is 358 g/mol. The first-order chi connectivity index (χ1) is 12.5. The van der Waals surface area contributed by atoms with Gasteiger partial charge in [0.2, 0.25) is 0 Å². The number of thioether (sulfide) groups is 1. The molecule has 1 unspecified atom stereocenters. The Hall–Kier alpha value is -2.74. The van der Waals surface area contributed by atoms with E-state index in [-0.39, 0.29) is 18.0 Å². The Morgan fingerprint density at radius 1 is 1.27 bits per heavy atom. The van der Waals surface area contributed by atoms with Gasteiger partial charge in [-0.15, -0.1) is 0 Å². The first kappa shape index (κ1) is 19.6. The van der Waals surface area contributed by atoms with Crippen LogP contribution < -0.4 is 4.74 Å². The summed E-state index contributed by atoms with van der Waals surface area (Å²) in [4.78, 5) is 22.2. The number of phenolic OH excluding ortho intramolecular Hbond substituents is 1. The standard InChI is InChI=1S/C18H19NO6S/c1-13(25-17-7-5-16(20)6-8-17)18(21)24-9-10-26-12-14-3-2-4-15(11-14)19(22)23/h2-8,11,13,20H,9-10,12H2,1H3. The van der Waals surface area contributed by atoms with Gasteiger partial charge in [0.05, 0.1) is 4.92 Å². The highest BCUT2D eigenvalue weighted by molar-refractivity contribution is 7.98. The van der Waals surface area contributed by atoms with E-state index in [2.05, 4.69) is 0 Å². The van der Waals surface area contributed by atoms with Crippen molar-refractivity contribution < 1.29 is 24.3 Å². The number of esters is 1. The monoisotopic (exact) mass is 377 g/mol. The number of carbonyl (C=O) groups is 1. The van der Waals surface area contributed by atoms with Crippen molar-refractivity contribution in [3.05, 3.63) is 64.2 Å². The van der Waals surface area contributed by atoms with Crippen molar-refractivity contribution in [2.75, 3.05) is 12.4 Å². The summed E-state index contributed by atoms with van der Waals surface area (Å²) in [5.41, 5.74) is 0.911. The van der Waals surface area contributed by atoms with Crippen molar-refractivity contribution >= 4 is 23.4 Å². The molecule has 1 N–H and O–H groups in total. The van der Waals surface area contributed by atoms with Crippen molar-refractivity contribution in [3.8, 4) is 11.5 Å². The zero-order chi connectivity index (χ0) is 18.9. The number of phenols is 1. The number of nitro groups is 1. The number of nitro benzene ring substituents is 1. The minimum atomic E-state index is -0.763. The summed E-state index contributed by atoms with van der Waals surface area (Å²) in [6, 6.07) is 12.5. The maximum atomic E-state index is 11.9. The van der Waals surface area contributed by atoms with Crippen LogP contribution in [0.2, 0.25) is 0 Å². The molecule has 0 radical (unpaired) electrons. The minimum absolute atomic E-state index is 0.0646. The second-order valence-corrected chi connectivity index (χ2v) is 6.51. The van der Waals surface area contributed by atoms with Crippen molar-refractivity contribution in [2.24, 2.45) is 0 Å². The van der Waals surface area contributed by atoms with Gasteiger partial charge in [0.15, 0.2) is 6.10 Å². The average Bonchev–Trinajstić information content (AvgIpc) is 2.63. The molecular formula is C18H19NO6S. The van der Waals surface area contributed by atoms with E-state index in [1.807, 2.05) is 6.07 Å². The van der Waals surface area contributed by atoms with Gasteiger partial charge in [0.1, 0.15) is 18.1 Å². The molecule has 0 aliphatic carbocycles. The van der Waals surface area contributed by atoms with Crippen LogP contribution in [0.15, 0.2) is 48.5 Å². The summed E-state index contributed by atoms with van der Waals surface area (Å²) in [5.74, 6) is 1.27. The number of nitrogens with zero attached hydrogens (tertiary/aromatic N) is 1. The Bertz CT molecular complexity index is 750. The van der Waals surface area contributed by atoms with Crippen LogP contribution >= 0.6 is 11.8 Å². The maximum Gasteiger partial charge on any atom is 0.347 e. The Morgan fingerprint density at radius 3 is 2.69 bits per heavy atom. The molecule has 0 amide bonds. The van der Waals surface area contributed by atoms with E-state index < -0.39 is 17.0 Å². The molecule has 2 rings (SSSR count). The van der Waals surface area contributed by atoms with Gasteiger partial charge in [-0.25, -0.2) is 4.79 Å². The van der Waals surface area contributed by atoms with Gasteiger partial charge in [0, 0.05) is 23.6 Å². The summed E-state index contributed by atoms with van der Waals surface area (Å²) in [6.45, 7) is 1.81. The molecule has 0 bridgehead atoms. The first-order valence-electron chi connectivity index (χ1n) is 7.89. The number of benzene rings is 2. The molecule has 0 saturated heterocycles. The van der Waals surface area contributed by atoms with Crippen molar-refractivity contribution in [2.45, 2.75) is 18.8 Å². The molecule has 0 fully saturated rings. The minimum Gasteiger partial charge on any atom is -0.508 e. The fraction of sp³-hybridized carbons (Fsp3) is 0.278. The number of hydrogen-bond donors (Lipinski definition) is 1. The molecule has 138 valence electrons. The normalized spacial score (nSPS) is 11.6. The zero-order valence-corrected chi connectivity index (χ0v) is 15.0. The van der Waals surface area contributed by atoms with Crippen LogP contribution in [0.25, 0.3) is 0 Å². The van der Waals surface area contributed by atoms with Gasteiger partial charge in [-0.1, -0.05) is 12.1 Å². The summed E-state index contributed by atoms with van der Waals surface area (Å²) in [6.07, 6.45) is -0.763. The van der Waals surface area contributed by atoms with Gasteiger partial charge in [-0.3, -0.25) is 10.1 Å². The first-order valence-corrected chi connectivity index (χ1v) is 9.04. The molecule has 0 aliphatic heterocycles. The third kappa shape index (κ3) is 6.29. The zero-order valence-electron chi connectivity index (χ0n) is 14.2. The fourth-order valence-electron chi connectivity index (χ4n) is 2.05. The van der Waals surface area contributed by atoms with E-state index in [9.17, 15) is 20.0 Å². The fourth-order valence-corrected chi connectivity index (χ4v) is 2.81. The Morgan fingerprint density at radius 2 is 2.00 bits per heavy atom. The molecule has 0 heterocycles. The predicted octanol–water partition coefficient (Wildman–Crippen LogP) is 3.54. The molecule has 2 aromatic rings. The highest BCUT2D eigenvalue weighted by Crippen LogP contribution is 2.19. The lowest BCUT2D eigenvalue weighted by atomic mass is 10.2. The molecule has 2 aromatic carbocycles. The summed E-state index contributed by atoms with van der Waals surface area (Å²) in [7, 11) is 0. The molecule has 0 aromatic heterocycles. The second-order valence-electron chi connectivity index (χ2n) is 5.40. The third-order valence-corrected chi connectivity index (χ3v) is 4.34. The van der Waals surface area contributed by atoms with Crippen molar-refractivity contribution in [3.63, 3.8) is 0 Å². The van der Waals surface area contributed by atoms with E-state index in [1.165, 1.54) is 36.0 Å². The molecule has 26 heavy (non-hydrogen) atoms. The van der Waals surface area contributed by atoms with Crippen LogP contribution in [-0.4, -0.2) is 34.5 Å². The lowest BCUT2D eigenvalue weighted by Crippen LogP contribution is -2.26. The highest BCUT2D eigenvalue weighted by atomic mass is 32.2. The molecule has 0 aliphatic rings. The van der Waals surface area contributed by atoms with Gasteiger partial charge in [-0.05, 0) is 36.8 Å². The van der Waals surface area contributed by atoms with E-state index in [1.54, 1.807) is 25.1 Å². The van der Waals surface area contributed by atoms with Crippen LogP contribution in [0, 0.1) is 10.1 Å². The number of non-ortho nitro benzene ring substituents is 1. The number of ether oxygens (including phenoxy) is 2. The smallest absolute Gasteiger partial charge is 0.347 e. The van der Waals surface area contributed by atoms with Crippen molar-refractivity contribution in [1.29, 1.82) is 0 Å². The number of carbonyl (C=O) groups excluding carboxylic acids is 1. The quantitative estimate of drug-likeness (QED) is 0.309. The van der Waals surface area contributed by atoms with E-state index in [0.29, 0.717) is 17.3 Å².